The second kappa shape index (κ2) is 8.33. The van der Waals surface area contributed by atoms with E-state index in [4.69, 9.17) is 16.3 Å². The second-order valence-electron chi connectivity index (χ2n) is 6.99. The summed E-state index contributed by atoms with van der Waals surface area (Å²) in [5.41, 5.74) is 0.110. The fourth-order valence-corrected chi connectivity index (χ4v) is 4.25. The molecule has 2 fully saturated rings. The lowest BCUT2D eigenvalue weighted by Gasteiger charge is -2.48. The summed E-state index contributed by atoms with van der Waals surface area (Å²) < 4.78 is 5.48. The van der Waals surface area contributed by atoms with E-state index < -0.39 is 4.92 Å². The minimum absolute atomic E-state index is 0.0368. The number of rotatable bonds is 5. The van der Waals surface area contributed by atoms with Crippen molar-refractivity contribution in [2.24, 2.45) is 0 Å². The topological polar surface area (TPSA) is 84.7 Å². The highest BCUT2D eigenvalue weighted by Crippen LogP contribution is 2.34. The molecule has 1 saturated heterocycles. The molecule has 1 aromatic rings. The molecule has 142 valence electrons. The van der Waals surface area contributed by atoms with E-state index in [9.17, 15) is 14.9 Å². The molecule has 1 aliphatic heterocycles. The molecule has 0 atom stereocenters. The molecule has 0 radical (unpaired) electrons. The van der Waals surface area contributed by atoms with Crippen molar-refractivity contribution in [2.45, 2.75) is 37.6 Å². The van der Waals surface area contributed by atoms with Crippen LogP contribution in [0.5, 0.6) is 0 Å². The van der Waals surface area contributed by atoms with Gasteiger partial charge in [0.25, 0.3) is 11.6 Å². The van der Waals surface area contributed by atoms with Crippen LogP contribution in [0.3, 0.4) is 0 Å². The Balaban J connectivity index is 1.70. The average Bonchev–Trinajstić information content (AvgIpc) is 2.67. The summed E-state index contributed by atoms with van der Waals surface area (Å²) in [7, 11) is 0. The Morgan fingerprint density at radius 3 is 2.58 bits per heavy atom. The van der Waals surface area contributed by atoms with Crippen LogP contribution in [0, 0.1) is 10.1 Å². The molecule has 1 aromatic carbocycles. The number of amides is 1. The number of carbonyl (C=O) groups excluding carboxylic acids is 1. The van der Waals surface area contributed by atoms with Gasteiger partial charge in [0.05, 0.1) is 28.7 Å². The van der Waals surface area contributed by atoms with Gasteiger partial charge in [0.2, 0.25) is 0 Å². The Morgan fingerprint density at radius 1 is 1.27 bits per heavy atom. The summed E-state index contributed by atoms with van der Waals surface area (Å²) in [5, 5.41) is 13.9. The summed E-state index contributed by atoms with van der Waals surface area (Å²) in [6.07, 6.45) is 5.66. The first-order valence-electron chi connectivity index (χ1n) is 9.07. The normalized spacial score (nSPS) is 20.5. The quantitative estimate of drug-likeness (QED) is 0.626. The molecule has 1 aliphatic carbocycles. The van der Waals surface area contributed by atoms with Crippen LogP contribution in [-0.2, 0) is 4.74 Å². The second-order valence-corrected chi connectivity index (χ2v) is 7.40. The minimum atomic E-state index is -0.525. The van der Waals surface area contributed by atoms with Gasteiger partial charge in [-0.25, -0.2) is 0 Å². The van der Waals surface area contributed by atoms with Crippen LogP contribution in [0.2, 0.25) is 5.02 Å². The van der Waals surface area contributed by atoms with Crippen LogP contribution < -0.4 is 5.32 Å². The molecule has 1 amide bonds. The predicted molar refractivity (Wildman–Crippen MR) is 98.6 cm³/mol. The van der Waals surface area contributed by atoms with Gasteiger partial charge in [-0.2, -0.15) is 0 Å². The molecule has 1 N–H and O–H groups in total. The van der Waals surface area contributed by atoms with Gasteiger partial charge in [-0.05, 0) is 18.9 Å². The standard InChI is InChI=1S/C18H24ClN3O4/c19-16-12-14(22(24)25)4-5-15(16)17(23)20-13-18(6-2-1-3-7-18)21-8-10-26-11-9-21/h4-5,12H,1-3,6-11,13H2,(H,20,23). The first-order chi connectivity index (χ1) is 12.5. The maximum Gasteiger partial charge on any atom is 0.270 e. The lowest BCUT2D eigenvalue weighted by atomic mass is 9.79. The van der Waals surface area contributed by atoms with E-state index in [1.807, 2.05) is 0 Å². The Labute approximate surface area is 157 Å². The van der Waals surface area contributed by atoms with E-state index in [1.165, 1.54) is 24.6 Å². The number of carbonyl (C=O) groups is 1. The predicted octanol–water partition coefficient (Wildman–Crippen LogP) is 3.01. The number of hydrogen-bond acceptors (Lipinski definition) is 5. The zero-order chi connectivity index (χ0) is 18.6. The van der Waals surface area contributed by atoms with Crippen molar-refractivity contribution in [1.82, 2.24) is 10.2 Å². The monoisotopic (exact) mass is 381 g/mol. The number of morpholine rings is 1. The summed E-state index contributed by atoms with van der Waals surface area (Å²) >= 11 is 6.08. The van der Waals surface area contributed by atoms with E-state index in [1.54, 1.807) is 0 Å². The Kier molecular flexibility index (Phi) is 6.11. The van der Waals surface area contributed by atoms with Crippen molar-refractivity contribution < 1.29 is 14.5 Å². The molecule has 7 nitrogen and oxygen atoms in total. The van der Waals surface area contributed by atoms with Crippen LogP contribution in [0.4, 0.5) is 5.69 Å². The van der Waals surface area contributed by atoms with Crippen molar-refractivity contribution in [3.05, 3.63) is 38.9 Å². The summed E-state index contributed by atoms with van der Waals surface area (Å²) in [6.45, 7) is 3.77. The number of hydrogen-bond donors (Lipinski definition) is 1. The molecule has 8 heteroatoms. The Bertz CT molecular complexity index is 670. The number of ether oxygens (including phenoxy) is 1. The third-order valence-electron chi connectivity index (χ3n) is 5.45. The zero-order valence-electron chi connectivity index (χ0n) is 14.7. The Morgan fingerprint density at radius 2 is 1.96 bits per heavy atom. The number of nitrogens with one attached hydrogen (secondary N) is 1. The highest BCUT2D eigenvalue weighted by Gasteiger charge is 2.39. The maximum atomic E-state index is 12.6. The van der Waals surface area contributed by atoms with Gasteiger partial charge < -0.3 is 10.1 Å². The average molecular weight is 382 g/mol. The molecule has 26 heavy (non-hydrogen) atoms. The van der Waals surface area contributed by atoms with Gasteiger partial charge in [-0.15, -0.1) is 0 Å². The van der Waals surface area contributed by atoms with Crippen LogP contribution in [0.1, 0.15) is 42.5 Å². The fourth-order valence-electron chi connectivity index (χ4n) is 3.99. The number of nitro groups is 1. The minimum Gasteiger partial charge on any atom is -0.379 e. The van der Waals surface area contributed by atoms with E-state index in [-0.39, 0.29) is 27.7 Å². The lowest BCUT2D eigenvalue weighted by molar-refractivity contribution is -0.384. The van der Waals surface area contributed by atoms with Crippen molar-refractivity contribution in [1.29, 1.82) is 0 Å². The van der Waals surface area contributed by atoms with Gasteiger partial charge in [-0.3, -0.25) is 19.8 Å². The highest BCUT2D eigenvalue weighted by molar-refractivity contribution is 6.34. The lowest BCUT2D eigenvalue weighted by Crippen LogP contribution is -2.59. The summed E-state index contributed by atoms with van der Waals surface area (Å²) in [5.74, 6) is -0.289. The van der Waals surface area contributed by atoms with Crippen molar-refractivity contribution in [2.75, 3.05) is 32.8 Å². The van der Waals surface area contributed by atoms with Crippen LogP contribution in [0.15, 0.2) is 18.2 Å². The van der Waals surface area contributed by atoms with Crippen LogP contribution in [0.25, 0.3) is 0 Å². The molecule has 2 aliphatic rings. The molecule has 1 heterocycles. The number of benzene rings is 1. The third-order valence-corrected chi connectivity index (χ3v) is 5.76. The maximum absolute atomic E-state index is 12.6. The molecule has 0 aromatic heterocycles. The number of nitro benzene ring substituents is 1. The van der Waals surface area contributed by atoms with Crippen molar-refractivity contribution in [3.63, 3.8) is 0 Å². The molecule has 3 rings (SSSR count). The van der Waals surface area contributed by atoms with Gasteiger partial charge in [0, 0.05) is 37.3 Å². The first-order valence-corrected chi connectivity index (χ1v) is 9.45. The molecular weight excluding hydrogens is 358 g/mol. The number of nitrogens with zero attached hydrogens (tertiary/aromatic N) is 2. The van der Waals surface area contributed by atoms with E-state index in [2.05, 4.69) is 10.2 Å². The van der Waals surface area contributed by atoms with E-state index in [0.29, 0.717) is 6.54 Å². The van der Waals surface area contributed by atoms with Crippen LogP contribution in [-0.4, -0.2) is 54.1 Å². The number of non-ortho nitro benzene ring substituents is 1. The van der Waals surface area contributed by atoms with E-state index in [0.717, 1.165) is 52.0 Å². The molecule has 0 spiro atoms. The first kappa shape index (κ1) is 19.1. The molecule has 0 unspecified atom stereocenters. The van der Waals surface area contributed by atoms with Crippen molar-refractivity contribution in [3.8, 4) is 0 Å². The smallest absolute Gasteiger partial charge is 0.270 e. The van der Waals surface area contributed by atoms with E-state index >= 15 is 0 Å². The fraction of sp³-hybridized carbons (Fsp3) is 0.611. The summed E-state index contributed by atoms with van der Waals surface area (Å²) in [6, 6.07) is 3.94. The summed E-state index contributed by atoms with van der Waals surface area (Å²) in [4.78, 5) is 25.3. The SMILES string of the molecule is O=C(NCC1(N2CCOCC2)CCCCC1)c1ccc([N+](=O)[O-])cc1Cl. The largest absolute Gasteiger partial charge is 0.379 e. The number of halogens is 1. The van der Waals surface area contributed by atoms with Gasteiger partial charge in [-0.1, -0.05) is 30.9 Å². The zero-order valence-corrected chi connectivity index (χ0v) is 15.5. The van der Waals surface area contributed by atoms with Gasteiger partial charge in [0.1, 0.15) is 0 Å². The molecular formula is C18H24ClN3O4. The molecule has 1 saturated carbocycles. The van der Waals surface area contributed by atoms with Gasteiger partial charge >= 0.3 is 0 Å². The Hall–Kier alpha value is -1.70. The molecule has 0 bridgehead atoms. The highest BCUT2D eigenvalue weighted by atomic mass is 35.5. The van der Waals surface area contributed by atoms with Crippen molar-refractivity contribution >= 4 is 23.2 Å². The van der Waals surface area contributed by atoms with Crippen LogP contribution >= 0.6 is 11.6 Å². The van der Waals surface area contributed by atoms with Gasteiger partial charge in [0.15, 0.2) is 0 Å². The third kappa shape index (κ3) is 4.16.